The highest BCUT2D eigenvalue weighted by Gasteiger charge is 2.19. The van der Waals surface area contributed by atoms with Crippen LogP contribution in [0.15, 0.2) is 10.7 Å². The zero-order valence-corrected chi connectivity index (χ0v) is 14.1. The van der Waals surface area contributed by atoms with E-state index in [2.05, 4.69) is 36.2 Å². The zero-order chi connectivity index (χ0) is 16.0. The van der Waals surface area contributed by atoms with Gasteiger partial charge in [0.25, 0.3) is 0 Å². The van der Waals surface area contributed by atoms with Gasteiger partial charge in [0.1, 0.15) is 6.54 Å². The molecule has 0 aromatic carbocycles. The molecule has 0 amide bonds. The smallest absolute Gasteiger partial charge is 0.223 e. The first-order valence-electron chi connectivity index (χ1n) is 6.28. The molecule has 0 spiro atoms. The fourth-order valence-corrected chi connectivity index (χ4v) is 2.71. The van der Waals surface area contributed by atoms with Gasteiger partial charge in [-0.2, -0.15) is 14.7 Å². The van der Waals surface area contributed by atoms with Crippen LogP contribution in [0.4, 0.5) is 5.95 Å². The highest BCUT2D eigenvalue weighted by molar-refractivity contribution is 9.10. The summed E-state index contributed by atoms with van der Waals surface area (Å²) in [4.78, 5) is 7.91. The Morgan fingerprint density at radius 3 is 2.86 bits per heavy atom. The molecule has 0 aliphatic carbocycles. The Labute approximate surface area is 138 Å². The summed E-state index contributed by atoms with van der Waals surface area (Å²) in [5.74, 6) is 0.0258. The summed E-state index contributed by atoms with van der Waals surface area (Å²) in [6, 6.07) is 0. The lowest BCUT2D eigenvalue weighted by atomic mass is 10.1. The largest absolute Gasteiger partial charge is 0.618 e. The number of anilines is 1. The van der Waals surface area contributed by atoms with E-state index in [1.165, 1.54) is 10.9 Å². The molecule has 3 aromatic heterocycles. The molecule has 0 saturated heterocycles. The number of hydrogen-bond acceptors (Lipinski definition) is 6. The van der Waals surface area contributed by atoms with Crippen molar-refractivity contribution < 1.29 is 4.73 Å². The molecule has 0 radical (unpaired) electrons. The molecular weight excluding hydrogens is 374 g/mol. The van der Waals surface area contributed by atoms with Crippen molar-refractivity contribution in [1.82, 2.24) is 25.0 Å². The minimum Gasteiger partial charge on any atom is -0.618 e. The number of rotatable bonds is 2. The minimum atomic E-state index is 0.0258. The Morgan fingerprint density at radius 1 is 1.41 bits per heavy atom. The molecule has 0 unspecified atom stereocenters. The summed E-state index contributed by atoms with van der Waals surface area (Å²) in [6.07, 6.45) is 1.50. The Hall–Kier alpha value is -2.00. The number of pyridine rings is 1. The summed E-state index contributed by atoms with van der Waals surface area (Å²) in [5.41, 5.74) is 8.53. The molecule has 3 aromatic rings. The lowest BCUT2D eigenvalue weighted by Crippen LogP contribution is -2.34. The molecule has 3 rings (SSSR count). The van der Waals surface area contributed by atoms with Crippen LogP contribution in [0, 0.1) is 19.1 Å². The van der Waals surface area contributed by atoms with Gasteiger partial charge in [-0.25, -0.2) is 4.68 Å². The van der Waals surface area contributed by atoms with E-state index in [0.717, 1.165) is 20.3 Å². The van der Waals surface area contributed by atoms with Crippen LogP contribution < -0.4 is 10.5 Å². The average Bonchev–Trinajstić information content (AvgIpc) is 2.84. The van der Waals surface area contributed by atoms with Gasteiger partial charge >= 0.3 is 0 Å². The Kier molecular flexibility index (Phi) is 3.61. The number of aryl methyl sites for hydroxylation is 1. The van der Waals surface area contributed by atoms with E-state index in [1.807, 2.05) is 13.8 Å². The molecule has 114 valence electrons. The fraction of sp³-hybridized carbons (Fsp3) is 0.250. The van der Waals surface area contributed by atoms with Gasteiger partial charge in [-0.3, -0.25) is 0 Å². The van der Waals surface area contributed by atoms with Gasteiger partial charge in [0.05, 0.1) is 0 Å². The third-order valence-electron chi connectivity index (χ3n) is 3.32. The van der Waals surface area contributed by atoms with E-state index < -0.39 is 0 Å². The van der Waals surface area contributed by atoms with Crippen molar-refractivity contribution in [2.24, 2.45) is 0 Å². The highest BCUT2D eigenvalue weighted by atomic mass is 79.9. The molecule has 0 aliphatic rings. The van der Waals surface area contributed by atoms with Crippen LogP contribution >= 0.6 is 27.5 Å². The molecule has 22 heavy (non-hydrogen) atoms. The third-order valence-corrected chi connectivity index (χ3v) is 4.81. The highest BCUT2D eigenvalue weighted by Crippen LogP contribution is 2.23. The fourth-order valence-electron chi connectivity index (χ4n) is 2.17. The molecule has 2 N–H and O–H groups in total. The molecular formula is C12H11BrClN7O. The Morgan fingerprint density at radius 2 is 2.14 bits per heavy atom. The lowest BCUT2D eigenvalue weighted by molar-refractivity contribution is -0.615. The molecule has 0 bridgehead atoms. The van der Waals surface area contributed by atoms with E-state index in [9.17, 15) is 5.21 Å². The van der Waals surface area contributed by atoms with Crippen LogP contribution in [0.2, 0.25) is 5.15 Å². The Bertz CT molecular complexity index is 895. The third kappa shape index (κ3) is 2.35. The topological polar surface area (TPSA) is 109 Å². The average molecular weight is 385 g/mol. The number of nitrogens with two attached hydrogens (primary N) is 1. The van der Waals surface area contributed by atoms with E-state index in [1.54, 1.807) is 0 Å². The maximum atomic E-state index is 12.2. The lowest BCUT2D eigenvalue weighted by Gasteiger charge is -2.11. The van der Waals surface area contributed by atoms with Crippen LogP contribution in [0.1, 0.15) is 16.8 Å². The monoisotopic (exact) mass is 383 g/mol. The van der Waals surface area contributed by atoms with Crippen molar-refractivity contribution >= 4 is 44.6 Å². The number of nitrogen functional groups attached to an aromatic ring is 1. The predicted octanol–water partition coefficient (Wildman–Crippen LogP) is 1.52. The van der Waals surface area contributed by atoms with Gasteiger partial charge in [0.2, 0.25) is 11.6 Å². The van der Waals surface area contributed by atoms with E-state index in [0.29, 0.717) is 16.9 Å². The summed E-state index contributed by atoms with van der Waals surface area (Å²) >= 11 is 9.44. The van der Waals surface area contributed by atoms with E-state index in [-0.39, 0.29) is 17.6 Å². The maximum absolute atomic E-state index is 12.2. The number of aromatic nitrogens is 6. The molecule has 0 saturated carbocycles. The van der Waals surface area contributed by atoms with E-state index >= 15 is 0 Å². The zero-order valence-electron chi connectivity index (χ0n) is 11.7. The molecule has 0 fully saturated rings. The van der Waals surface area contributed by atoms with Gasteiger partial charge in [-0.15, -0.1) is 5.10 Å². The van der Waals surface area contributed by atoms with E-state index in [4.69, 9.17) is 17.3 Å². The van der Waals surface area contributed by atoms with Crippen LogP contribution in [0.5, 0.6) is 0 Å². The summed E-state index contributed by atoms with van der Waals surface area (Å²) in [5, 5.41) is 20.2. The minimum absolute atomic E-state index is 0.0258. The van der Waals surface area contributed by atoms with Crippen LogP contribution in [-0.2, 0) is 6.54 Å². The van der Waals surface area contributed by atoms with Gasteiger partial charge in [-0.05, 0) is 29.8 Å². The molecule has 3 heterocycles. The summed E-state index contributed by atoms with van der Waals surface area (Å²) < 4.78 is 3.17. The predicted molar refractivity (Wildman–Crippen MR) is 84.2 cm³/mol. The van der Waals surface area contributed by atoms with Gasteiger partial charge in [0.15, 0.2) is 22.5 Å². The van der Waals surface area contributed by atoms with Crippen molar-refractivity contribution in [2.75, 3.05) is 5.73 Å². The van der Waals surface area contributed by atoms with Gasteiger partial charge in [0, 0.05) is 15.6 Å². The molecule has 10 heteroatoms. The summed E-state index contributed by atoms with van der Waals surface area (Å²) in [6.45, 7) is 3.90. The second-order valence-corrected chi connectivity index (χ2v) is 5.97. The number of nitrogens with zero attached hydrogens (tertiary/aromatic N) is 6. The van der Waals surface area contributed by atoms with Gasteiger partial charge in [-0.1, -0.05) is 16.8 Å². The molecule has 0 aliphatic heterocycles. The van der Waals surface area contributed by atoms with Crippen molar-refractivity contribution in [3.05, 3.63) is 37.9 Å². The van der Waals surface area contributed by atoms with Crippen LogP contribution in [0.3, 0.4) is 0 Å². The number of fused-ring (bicyclic) bond motifs is 1. The van der Waals surface area contributed by atoms with Gasteiger partial charge < -0.3 is 10.9 Å². The first-order chi connectivity index (χ1) is 10.4. The first kappa shape index (κ1) is 14.9. The van der Waals surface area contributed by atoms with Crippen molar-refractivity contribution in [3.8, 4) is 0 Å². The summed E-state index contributed by atoms with van der Waals surface area (Å²) in [7, 11) is 0. The Balaban J connectivity index is 2.14. The maximum Gasteiger partial charge on any atom is 0.223 e. The van der Waals surface area contributed by atoms with Crippen LogP contribution in [0.25, 0.3) is 11.2 Å². The second kappa shape index (κ2) is 5.33. The van der Waals surface area contributed by atoms with Crippen LogP contribution in [-0.4, -0.2) is 25.0 Å². The first-order valence-corrected chi connectivity index (χ1v) is 7.45. The standard InChI is InChI=1S/C12H11BrClN7O/c1-5-3-21(22)7(6(2)8(5)13)4-20-11-9(18-19-20)10(14)16-12(15)17-11/h3H,4H2,1-2H3,(H2,15,16,17). The van der Waals surface area contributed by atoms with Crippen molar-refractivity contribution in [3.63, 3.8) is 0 Å². The number of hydrogen-bond donors (Lipinski definition) is 1. The molecule has 0 atom stereocenters. The normalized spacial score (nSPS) is 11.3. The number of halogens is 2. The second-order valence-electron chi connectivity index (χ2n) is 4.82. The van der Waals surface area contributed by atoms with Crippen molar-refractivity contribution in [2.45, 2.75) is 20.4 Å². The SMILES string of the molecule is Cc1c[n+]([O-])c(Cn2nnc3c(Cl)nc(N)nc32)c(C)c1Br. The van der Waals surface area contributed by atoms with Crippen molar-refractivity contribution in [1.29, 1.82) is 0 Å². The molecule has 8 nitrogen and oxygen atoms in total. The quantitative estimate of drug-likeness (QED) is 0.407.